The highest BCUT2D eigenvalue weighted by molar-refractivity contribution is 5.97. The molecule has 1 aliphatic rings. The van der Waals surface area contributed by atoms with Gasteiger partial charge in [0.2, 0.25) is 5.91 Å². The van der Waals surface area contributed by atoms with E-state index >= 15 is 0 Å². The SMILES string of the molecule is CC1NC(C(=O)Nc2ccccc2C(F)(F)F)Cc2c1[nH]c1ccccc21. The van der Waals surface area contributed by atoms with E-state index in [1.807, 2.05) is 31.2 Å². The Hall–Kier alpha value is -2.80. The summed E-state index contributed by atoms with van der Waals surface area (Å²) in [6.45, 7) is 1.93. The summed E-state index contributed by atoms with van der Waals surface area (Å²) in [5.74, 6) is -0.477. The number of para-hydroxylation sites is 2. The molecule has 2 atom stereocenters. The second-order valence-electron chi connectivity index (χ2n) is 6.74. The third-order valence-electron chi connectivity index (χ3n) is 4.95. The summed E-state index contributed by atoms with van der Waals surface area (Å²) in [7, 11) is 0. The first kappa shape index (κ1) is 17.6. The fourth-order valence-electron chi connectivity index (χ4n) is 3.69. The number of hydrogen-bond acceptors (Lipinski definition) is 2. The molecule has 140 valence electrons. The number of aromatic amines is 1. The number of rotatable bonds is 2. The second kappa shape index (κ2) is 6.42. The van der Waals surface area contributed by atoms with Gasteiger partial charge < -0.3 is 10.3 Å². The largest absolute Gasteiger partial charge is 0.418 e. The molecular formula is C20H18F3N3O. The van der Waals surface area contributed by atoms with Crippen LogP contribution in [0.1, 0.15) is 29.8 Å². The Bertz CT molecular complexity index is 1010. The quantitative estimate of drug-likeness (QED) is 0.624. The van der Waals surface area contributed by atoms with Gasteiger partial charge >= 0.3 is 6.18 Å². The summed E-state index contributed by atoms with van der Waals surface area (Å²) in [5.41, 5.74) is 1.95. The van der Waals surface area contributed by atoms with Crippen LogP contribution < -0.4 is 10.6 Å². The lowest BCUT2D eigenvalue weighted by molar-refractivity contribution is -0.137. The Morgan fingerprint density at radius 3 is 2.59 bits per heavy atom. The predicted octanol–water partition coefficient (Wildman–Crippen LogP) is 4.40. The summed E-state index contributed by atoms with van der Waals surface area (Å²) in [4.78, 5) is 16.1. The van der Waals surface area contributed by atoms with E-state index in [-0.39, 0.29) is 11.7 Å². The van der Waals surface area contributed by atoms with Crippen LogP contribution in [0.3, 0.4) is 0 Å². The van der Waals surface area contributed by atoms with Crippen LogP contribution in [0.4, 0.5) is 18.9 Å². The first-order chi connectivity index (χ1) is 12.8. The standard InChI is InChI=1S/C20H18F3N3O/c1-11-18-13(12-6-2-4-8-15(12)25-18)10-17(24-11)19(27)26-16-9-5-3-7-14(16)20(21,22)23/h2-9,11,17,24-25H,10H2,1H3,(H,26,27). The van der Waals surface area contributed by atoms with Gasteiger partial charge in [-0.25, -0.2) is 0 Å². The first-order valence-corrected chi connectivity index (χ1v) is 8.67. The summed E-state index contributed by atoms with van der Waals surface area (Å²) in [6.07, 6.45) is -4.12. The first-order valence-electron chi connectivity index (χ1n) is 8.67. The Morgan fingerprint density at radius 2 is 1.81 bits per heavy atom. The number of anilines is 1. The van der Waals surface area contributed by atoms with Gasteiger partial charge in [-0.2, -0.15) is 13.2 Å². The Morgan fingerprint density at radius 1 is 1.11 bits per heavy atom. The Balaban J connectivity index is 1.61. The van der Waals surface area contributed by atoms with Gasteiger partial charge in [0, 0.05) is 22.6 Å². The number of hydrogen-bond donors (Lipinski definition) is 3. The molecule has 1 amide bonds. The minimum atomic E-state index is -4.53. The molecule has 3 N–H and O–H groups in total. The van der Waals surface area contributed by atoms with Crippen molar-refractivity contribution >= 4 is 22.5 Å². The lowest BCUT2D eigenvalue weighted by Crippen LogP contribution is -2.46. The number of amides is 1. The minimum absolute atomic E-state index is 0.116. The molecule has 2 aromatic carbocycles. The van der Waals surface area contributed by atoms with Crippen LogP contribution in [-0.4, -0.2) is 16.9 Å². The van der Waals surface area contributed by atoms with Crippen molar-refractivity contribution in [1.29, 1.82) is 0 Å². The molecule has 4 rings (SSSR count). The second-order valence-corrected chi connectivity index (χ2v) is 6.74. The van der Waals surface area contributed by atoms with E-state index in [0.717, 1.165) is 28.2 Å². The number of carbonyl (C=O) groups excluding carboxylic acids is 1. The predicted molar refractivity (Wildman–Crippen MR) is 97.4 cm³/mol. The minimum Gasteiger partial charge on any atom is -0.357 e. The van der Waals surface area contributed by atoms with Gasteiger partial charge in [0.15, 0.2) is 0 Å². The van der Waals surface area contributed by atoms with E-state index in [1.54, 1.807) is 0 Å². The molecule has 1 aliphatic heterocycles. The third kappa shape index (κ3) is 3.19. The molecule has 0 radical (unpaired) electrons. The van der Waals surface area contributed by atoms with Gasteiger partial charge in [-0.15, -0.1) is 0 Å². The number of aromatic nitrogens is 1. The van der Waals surface area contributed by atoms with Crippen molar-refractivity contribution in [3.05, 3.63) is 65.4 Å². The average Bonchev–Trinajstić information content (AvgIpc) is 3.01. The highest BCUT2D eigenvalue weighted by atomic mass is 19.4. The lowest BCUT2D eigenvalue weighted by Gasteiger charge is -2.29. The van der Waals surface area contributed by atoms with E-state index in [4.69, 9.17) is 0 Å². The van der Waals surface area contributed by atoms with Crippen LogP contribution in [0, 0.1) is 0 Å². The topological polar surface area (TPSA) is 56.9 Å². The molecule has 0 aliphatic carbocycles. The van der Waals surface area contributed by atoms with Crippen LogP contribution in [0.15, 0.2) is 48.5 Å². The number of benzene rings is 2. The highest BCUT2D eigenvalue weighted by Crippen LogP contribution is 2.35. The number of alkyl halides is 3. The van der Waals surface area contributed by atoms with Gasteiger partial charge in [-0.05, 0) is 37.1 Å². The fraction of sp³-hybridized carbons (Fsp3) is 0.250. The van der Waals surface area contributed by atoms with Crippen LogP contribution in [0.5, 0.6) is 0 Å². The van der Waals surface area contributed by atoms with Crippen LogP contribution >= 0.6 is 0 Å². The number of H-pyrrole nitrogens is 1. The van der Waals surface area contributed by atoms with Gasteiger partial charge in [0.05, 0.1) is 17.3 Å². The maximum Gasteiger partial charge on any atom is 0.418 e. The number of carbonyl (C=O) groups is 1. The molecule has 0 spiro atoms. The van der Waals surface area contributed by atoms with Crippen LogP contribution in [-0.2, 0) is 17.4 Å². The normalized spacial score (nSPS) is 19.7. The van der Waals surface area contributed by atoms with Crippen molar-refractivity contribution in [1.82, 2.24) is 10.3 Å². The van der Waals surface area contributed by atoms with E-state index in [0.29, 0.717) is 6.42 Å². The van der Waals surface area contributed by atoms with Crippen molar-refractivity contribution < 1.29 is 18.0 Å². The summed E-state index contributed by atoms with van der Waals surface area (Å²) >= 11 is 0. The molecule has 0 bridgehead atoms. The molecule has 0 fully saturated rings. The summed E-state index contributed by atoms with van der Waals surface area (Å²) < 4.78 is 39.5. The Kier molecular flexibility index (Phi) is 4.19. The average molecular weight is 373 g/mol. The molecule has 3 aromatic rings. The maximum atomic E-state index is 13.2. The Labute approximate surface area is 153 Å². The molecule has 7 heteroatoms. The van der Waals surface area contributed by atoms with Gasteiger partial charge in [-0.3, -0.25) is 10.1 Å². The smallest absolute Gasteiger partial charge is 0.357 e. The molecule has 27 heavy (non-hydrogen) atoms. The highest BCUT2D eigenvalue weighted by Gasteiger charge is 2.35. The van der Waals surface area contributed by atoms with Crippen molar-refractivity contribution in [3.8, 4) is 0 Å². The molecule has 2 unspecified atom stereocenters. The van der Waals surface area contributed by atoms with E-state index in [9.17, 15) is 18.0 Å². The van der Waals surface area contributed by atoms with Gasteiger partial charge in [0.1, 0.15) is 0 Å². The van der Waals surface area contributed by atoms with E-state index in [2.05, 4.69) is 15.6 Å². The summed E-state index contributed by atoms with van der Waals surface area (Å²) in [5, 5.41) is 6.67. The fourth-order valence-corrected chi connectivity index (χ4v) is 3.69. The zero-order valence-corrected chi connectivity index (χ0v) is 14.5. The molecule has 2 heterocycles. The number of fused-ring (bicyclic) bond motifs is 3. The molecule has 1 aromatic heterocycles. The summed E-state index contributed by atoms with van der Waals surface area (Å²) in [6, 6.07) is 12.1. The molecule has 4 nitrogen and oxygen atoms in total. The number of halogens is 3. The van der Waals surface area contributed by atoms with E-state index in [1.165, 1.54) is 18.2 Å². The zero-order valence-electron chi connectivity index (χ0n) is 14.5. The van der Waals surface area contributed by atoms with Gasteiger partial charge in [0.25, 0.3) is 0 Å². The molecule has 0 saturated carbocycles. The van der Waals surface area contributed by atoms with Crippen LogP contribution in [0.25, 0.3) is 10.9 Å². The zero-order chi connectivity index (χ0) is 19.2. The molecular weight excluding hydrogens is 355 g/mol. The van der Waals surface area contributed by atoms with Crippen molar-refractivity contribution in [2.75, 3.05) is 5.32 Å². The van der Waals surface area contributed by atoms with Crippen molar-refractivity contribution in [2.45, 2.75) is 31.6 Å². The van der Waals surface area contributed by atoms with Gasteiger partial charge in [-0.1, -0.05) is 30.3 Å². The van der Waals surface area contributed by atoms with E-state index < -0.39 is 23.7 Å². The molecule has 0 saturated heterocycles. The van der Waals surface area contributed by atoms with Crippen LogP contribution in [0.2, 0.25) is 0 Å². The number of nitrogens with one attached hydrogen (secondary N) is 3. The maximum absolute atomic E-state index is 13.2. The third-order valence-corrected chi connectivity index (χ3v) is 4.95. The lowest BCUT2D eigenvalue weighted by atomic mass is 9.94. The monoisotopic (exact) mass is 373 g/mol. The van der Waals surface area contributed by atoms with Crippen molar-refractivity contribution in [2.24, 2.45) is 0 Å². The van der Waals surface area contributed by atoms with Crippen molar-refractivity contribution in [3.63, 3.8) is 0 Å².